The van der Waals surface area contributed by atoms with Gasteiger partial charge in [-0.15, -0.1) is 6.58 Å². The van der Waals surface area contributed by atoms with Crippen LogP contribution in [-0.2, 0) is 13.0 Å². The van der Waals surface area contributed by atoms with Gasteiger partial charge in [0.05, 0.1) is 10.0 Å². The summed E-state index contributed by atoms with van der Waals surface area (Å²) in [6.07, 6.45) is 3.10. The van der Waals surface area contributed by atoms with Crippen LogP contribution >= 0.6 is 15.9 Å². The third kappa shape index (κ3) is 4.29. The van der Waals surface area contributed by atoms with Gasteiger partial charge in [0.25, 0.3) is 0 Å². The van der Waals surface area contributed by atoms with Crippen LogP contribution in [-0.4, -0.2) is 17.4 Å². The highest BCUT2D eigenvalue weighted by Crippen LogP contribution is 2.32. The Bertz CT molecular complexity index is 735. The van der Waals surface area contributed by atoms with Gasteiger partial charge in [0, 0.05) is 5.56 Å². The molecule has 0 fully saturated rings. The fourth-order valence-corrected chi connectivity index (χ4v) is 2.74. The molecule has 2 rings (SSSR count). The van der Waals surface area contributed by atoms with Crippen LogP contribution in [0.3, 0.4) is 0 Å². The number of halogens is 1. The number of allylic oxidation sites excluding steroid dienone is 1. The summed E-state index contributed by atoms with van der Waals surface area (Å²) in [4.78, 5) is 21.8. The molecule has 0 spiro atoms. The molecular weight excluding hydrogens is 360 g/mol. The number of aromatic carboxylic acids is 1. The largest absolute Gasteiger partial charge is 0.487 e. The lowest BCUT2D eigenvalue weighted by Gasteiger charge is -2.13. The van der Waals surface area contributed by atoms with Crippen molar-refractivity contribution in [3.8, 4) is 5.75 Å². The summed E-state index contributed by atoms with van der Waals surface area (Å²) in [7, 11) is 0. The van der Waals surface area contributed by atoms with Crippen molar-refractivity contribution in [2.45, 2.75) is 13.0 Å². The minimum atomic E-state index is -0.960. The molecule has 23 heavy (non-hydrogen) atoms. The summed E-state index contributed by atoms with van der Waals surface area (Å²) in [5, 5.41) is 8.89. The van der Waals surface area contributed by atoms with E-state index in [0.29, 0.717) is 28.8 Å². The van der Waals surface area contributed by atoms with Gasteiger partial charge in [-0.25, -0.2) is 4.79 Å². The number of aldehydes is 1. The van der Waals surface area contributed by atoms with Crippen LogP contribution in [0.4, 0.5) is 0 Å². The number of ether oxygens (including phenoxy) is 1. The van der Waals surface area contributed by atoms with Gasteiger partial charge in [-0.1, -0.05) is 18.2 Å². The van der Waals surface area contributed by atoms with E-state index in [0.717, 1.165) is 17.4 Å². The van der Waals surface area contributed by atoms with Crippen LogP contribution in [0.25, 0.3) is 0 Å². The molecule has 2 aromatic carbocycles. The summed E-state index contributed by atoms with van der Waals surface area (Å²) < 4.78 is 6.54. The van der Waals surface area contributed by atoms with Crippen molar-refractivity contribution in [3.63, 3.8) is 0 Å². The maximum Gasteiger partial charge on any atom is 0.335 e. The van der Waals surface area contributed by atoms with Gasteiger partial charge < -0.3 is 9.84 Å². The molecule has 0 aromatic heterocycles. The second-order valence-electron chi connectivity index (χ2n) is 4.89. The van der Waals surface area contributed by atoms with Gasteiger partial charge >= 0.3 is 5.97 Å². The number of carbonyl (C=O) groups is 2. The van der Waals surface area contributed by atoms with Crippen LogP contribution in [0.2, 0.25) is 0 Å². The summed E-state index contributed by atoms with van der Waals surface area (Å²) in [6.45, 7) is 4.01. The second kappa shape index (κ2) is 7.74. The van der Waals surface area contributed by atoms with Crippen molar-refractivity contribution in [2.24, 2.45) is 0 Å². The molecule has 4 nitrogen and oxygen atoms in total. The van der Waals surface area contributed by atoms with Crippen molar-refractivity contribution in [1.82, 2.24) is 0 Å². The van der Waals surface area contributed by atoms with E-state index in [1.165, 1.54) is 12.1 Å². The Kier molecular flexibility index (Phi) is 5.71. The average molecular weight is 375 g/mol. The molecule has 0 aliphatic heterocycles. The topological polar surface area (TPSA) is 63.6 Å². The Hall–Kier alpha value is -2.40. The molecule has 1 N–H and O–H groups in total. The number of benzene rings is 2. The SMILES string of the molecule is C=CCc1cc(C=O)cc(Br)c1OCc1ccc(C(=O)O)cc1. The monoisotopic (exact) mass is 374 g/mol. The lowest BCUT2D eigenvalue weighted by molar-refractivity contribution is 0.0696. The van der Waals surface area contributed by atoms with Crippen molar-refractivity contribution in [3.05, 3.63) is 75.8 Å². The number of carbonyl (C=O) groups excluding carboxylic acids is 1. The molecule has 5 heteroatoms. The zero-order valence-corrected chi connectivity index (χ0v) is 13.9. The Morgan fingerprint density at radius 2 is 1.96 bits per heavy atom. The van der Waals surface area contributed by atoms with E-state index in [1.54, 1.807) is 30.3 Å². The first-order chi connectivity index (χ1) is 11.0. The summed E-state index contributed by atoms with van der Waals surface area (Å²) in [6, 6.07) is 9.96. The maximum absolute atomic E-state index is 11.0. The van der Waals surface area contributed by atoms with E-state index in [-0.39, 0.29) is 5.56 Å². The van der Waals surface area contributed by atoms with Crippen molar-refractivity contribution in [1.29, 1.82) is 0 Å². The van der Waals surface area contributed by atoms with Crippen LogP contribution in [0.5, 0.6) is 5.75 Å². The fraction of sp³-hybridized carbons (Fsp3) is 0.111. The van der Waals surface area contributed by atoms with Gasteiger partial charge in [0.15, 0.2) is 0 Å². The lowest BCUT2D eigenvalue weighted by atomic mass is 10.1. The molecule has 0 aliphatic carbocycles. The quantitative estimate of drug-likeness (QED) is 0.580. The van der Waals surface area contributed by atoms with Crippen molar-refractivity contribution in [2.75, 3.05) is 0 Å². The summed E-state index contributed by atoms with van der Waals surface area (Å²) in [5.41, 5.74) is 2.51. The molecular formula is C18H15BrO4. The molecule has 0 bridgehead atoms. The molecule has 0 saturated heterocycles. The number of hydrogen-bond acceptors (Lipinski definition) is 3. The Balaban J connectivity index is 2.20. The first kappa shape index (κ1) is 17.0. The van der Waals surface area contributed by atoms with Crippen molar-refractivity contribution >= 4 is 28.2 Å². The highest BCUT2D eigenvalue weighted by atomic mass is 79.9. The second-order valence-corrected chi connectivity index (χ2v) is 5.75. The molecule has 118 valence electrons. The van der Waals surface area contributed by atoms with Gasteiger partial charge in [-0.2, -0.15) is 0 Å². The minimum absolute atomic E-state index is 0.234. The molecule has 0 unspecified atom stereocenters. The molecule has 0 amide bonds. The molecule has 0 radical (unpaired) electrons. The number of carboxylic acids is 1. The maximum atomic E-state index is 11.0. The summed E-state index contributed by atoms with van der Waals surface area (Å²) >= 11 is 3.42. The molecule has 2 aromatic rings. The molecule has 0 saturated carbocycles. The predicted octanol–water partition coefficient (Wildman–Crippen LogP) is 4.27. The summed E-state index contributed by atoms with van der Waals surface area (Å²) in [5.74, 6) is -0.309. The molecule has 0 atom stereocenters. The van der Waals surface area contributed by atoms with E-state index >= 15 is 0 Å². The highest BCUT2D eigenvalue weighted by Gasteiger charge is 2.11. The van der Waals surface area contributed by atoms with Gasteiger partial charge in [0.1, 0.15) is 18.6 Å². The Morgan fingerprint density at radius 1 is 1.26 bits per heavy atom. The Labute approximate surface area is 142 Å². The predicted molar refractivity (Wildman–Crippen MR) is 91.2 cm³/mol. The van der Waals surface area contributed by atoms with Crippen LogP contribution in [0.1, 0.15) is 31.8 Å². The number of rotatable bonds is 7. The molecule has 0 heterocycles. The van der Waals surface area contributed by atoms with Gasteiger partial charge in [0.2, 0.25) is 0 Å². The van der Waals surface area contributed by atoms with Gasteiger partial charge in [-0.3, -0.25) is 4.79 Å². The van der Waals surface area contributed by atoms with Crippen LogP contribution in [0.15, 0.2) is 53.5 Å². The van der Waals surface area contributed by atoms with E-state index in [4.69, 9.17) is 9.84 Å². The normalized spacial score (nSPS) is 10.1. The van der Waals surface area contributed by atoms with Crippen LogP contribution in [0, 0.1) is 0 Å². The number of hydrogen-bond donors (Lipinski definition) is 1. The van der Waals surface area contributed by atoms with Crippen molar-refractivity contribution < 1.29 is 19.4 Å². The van der Waals surface area contributed by atoms with E-state index in [2.05, 4.69) is 22.5 Å². The average Bonchev–Trinajstić information content (AvgIpc) is 2.54. The first-order valence-electron chi connectivity index (χ1n) is 6.88. The first-order valence-corrected chi connectivity index (χ1v) is 7.68. The smallest absolute Gasteiger partial charge is 0.335 e. The van der Waals surface area contributed by atoms with E-state index in [9.17, 15) is 9.59 Å². The number of carboxylic acid groups (broad SMARTS) is 1. The Morgan fingerprint density at radius 3 is 2.52 bits per heavy atom. The third-order valence-corrected chi connectivity index (χ3v) is 3.82. The van der Waals surface area contributed by atoms with E-state index in [1.807, 2.05) is 0 Å². The fourth-order valence-electron chi connectivity index (χ4n) is 2.11. The lowest BCUT2D eigenvalue weighted by Crippen LogP contribution is -2.02. The van der Waals surface area contributed by atoms with E-state index < -0.39 is 5.97 Å². The zero-order valence-electron chi connectivity index (χ0n) is 12.3. The zero-order chi connectivity index (χ0) is 16.8. The molecule has 0 aliphatic rings. The third-order valence-electron chi connectivity index (χ3n) is 3.23. The highest BCUT2D eigenvalue weighted by molar-refractivity contribution is 9.10. The standard InChI is InChI=1S/C18H15BrO4/c1-2-3-15-8-13(10-20)9-16(19)17(15)23-11-12-4-6-14(7-5-12)18(21)22/h2,4-10H,1,3,11H2,(H,21,22). The van der Waals surface area contributed by atoms with Gasteiger partial charge in [-0.05, 0) is 57.7 Å². The minimum Gasteiger partial charge on any atom is -0.487 e. The van der Waals surface area contributed by atoms with Crippen LogP contribution < -0.4 is 4.74 Å².